The van der Waals surface area contributed by atoms with Crippen LogP contribution in [-0.2, 0) is 46.5 Å². The van der Waals surface area contributed by atoms with Gasteiger partial charge in [-0.2, -0.15) is 13.0 Å². The molecule has 9 aliphatic rings. The second-order valence-electron chi connectivity index (χ2n) is 22.5. The minimum Gasteiger partial charge on any atom is -0.365 e. The third-order valence-electron chi connectivity index (χ3n) is 18.5. The predicted molar refractivity (Wildman–Crippen MR) is 249 cm³/mol. The van der Waals surface area contributed by atoms with Crippen LogP contribution in [0.15, 0.2) is 75.9 Å². The summed E-state index contributed by atoms with van der Waals surface area (Å²) >= 11 is 0. The molecule has 3 saturated carbocycles. The number of nitrogens with one attached hydrogen (secondary N) is 2. The van der Waals surface area contributed by atoms with Gasteiger partial charge in [0.1, 0.15) is 5.78 Å². The molecule has 8 atom stereocenters. The van der Waals surface area contributed by atoms with Crippen molar-refractivity contribution < 1.29 is 36.7 Å². The Labute approximate surface area is 384 Å². The first-order chi connectivity index (χ1) is 30.8. The fourth-order valence-corrected chi connectivity index (χ4v) is 15.8. The van der Waals surface area contributed by atoms with Crippen molar-refractivity contribution in [1.29, 1.82) is 0 Å². The lowest BCUT2D eigenvalue weighted by molar-refractivity contribution is -0.445. The summed E-state index contributed by atoms with van der Waals surface area (Å²) in [5.74, 6) is 2.13. The Morgan fingerprint density at radius 2 is 1.69 bits per heavy atom. The third-order valence-corrected chi connectivity index (χ3v) is 19.3. The summed E-state index contributed by atoms with van der Waals surface area (Å²) in [4.78, 5) is 41.9. The maximum atomic E-state index is 13.8. The van der Waals surface area contributed by atoms with E-state index in [2.05, 4.69) is 92.0 Å². The molecule has 2 aromatic carbocycles. The first kappa shape index (κ1) is 43.2. The highest BCUT2D eigenvalue weighted by Crippen LogP contribution is 2.66. The molecule has 0 saturated heterocycles. The van der Waals surface area contributed by atoms with Crippen LogP contribution in [0, 0.1) is 34.5 Å². The number of hydrogen-bond donors (Lipinski definition) is 3. The second kappa shape index (κ2) is 14.8. The topological polar surface area (TPSA) is 145 Å². The molecule has 3 fully saturated rings. The molecule has 5 aliphatic heterocycles. The molecule has 344 valence electrons. The van der Waals surface area contributed by atoms with Gasteiger partial charge in [-0.3, -0.25) is 18.9 Å². The Balaban J connectivity index is 0.750. The number of amides is 2. The Kier molecular flexibility index (Phi) is 9.84. The van der Waals surface area contributed by atoms with Crippen LogP contribution in [-0.4, -0.2) is 79.2 Å². The van der Waals surface area contributed by atoms with Crippen molar-refractivity contribution in [2.45, 2.75) is 140 Å². The number of ether oxygens (including phenoxy) is 1. The highest BCUT2D eigenvalue weighted by Gasteiger charge is 2.60. The van der Waals surface area contributed by atoms with Crippen molar-refractivity contribution in [3.05, 3.63) is 87.7 Å². The van der Waals surface area contributed by atoms with Crippen LogP contribution in [0.25, 0.3) is 0 Å². The summed E-state index contributed by atoms with van der Waals surface area (Å²) in [5.41, 5.74) is 10.4. The maximum Gasteiger partial charge on any atom is 0.294 e. The van der Waals surface area contributed by atoms with Crippen LogP contribution >= 0.6 is 0 Å². The summed E-state index contributed by atoms with van der Waals surface area (Å²) in [6.07, 6.45) is 14.1. The number of Topliss-reactive ketones (excluding diaryl/α,β-unsaturated/α-hetero) is 1. The molecule has 4 aliphatic carbocycles. The number of carbonyl (C=O) groups is 3. The number of benzene rings is 2. The predicted octanol–water partition coefficient (Wildman–Crippen LogP) is 7.79. The molecule has 65 heavy (non-hydrogen) atoms. The van der Waals surface area contributed by atoms with Crippen LogP contribution in [0.5, 0.6) is 0 Å². The molecular weight excluding hydrogens is 837 g/mol. The third kappa shape index (κ3) is 6.49. The van der Waals surface area contributed by atoms with Gasteiger partial charge in [-0.05, 0) is 123 Å². The fourth-order valence-electron chi connectivity index (χ4n) is 15.3. The van der Waals surface area contributed by atoms with Gasteiger partial charge < -0.3 is 20.3 Å². The molecule has 0 aromatic heterocycles. The minimum atomic E-state index is -4.35. The Morgan fingerprint density at radius 1 is 0.892 bits per heavy atom. The van der Waals surface area contributed by atoms with Crippen LogP contribution in [0.3, 0.4) is 0 Å². The van der Waals surface area contributed by atoms with E-state index in [4.69, 9.17) is 4.74 Å². The van der Waals surface area contributed by atoms with Crippen molar-refractivity contribution in [3.63, 3.8) is 0 Å². The smallest absolute Gasteiger partial charge is 0.294 e. The van der Waals surface area contributed by atoms with E-state index in [9.17, 15) is 27.4 Å². The van der Waals surface area contributed by atoms with Crippen molar-refractivity contribution in [3.8, 4) is 0 Å². The molecule has 5 heterocycles. The van der Waals surface area contributed by atoms with E-state index < -0.39 is 15.5 Å². The monoisotopic (exact) mass is 901 g/mol. The minimum absolute atomic E-state index is 0.0135. The normalized spacial score (nSPS) is 33.5. The average Bonchev–Trinajstić information content (AvgIpc) is 3.82. The fraction of sp³-hybridized carbons (Fsp3) is 0.585. The standard InChI is InChI=1S/C53H64N4O7S/c1-50(2)40-25-30(26-46(59)54-21-22-55-49(60)39-12-11-37-34-10-8-31-27-32(58)15-19-52(31,5)38(34)16-20-53(37,39)6)7-13-42(40)56-23-17-44-35(47(50)56)29-36-45(64-44)18-24-57-43-14-9-33(65(61,62)63)28-41(43)51(3,4)48(36)57/h7-9,13-14,25,28-29,34,37-39,44-45H,10-12,15-24,26-27H2,1-6H3,(H2-,54,55,59,60,61,62,63)/p+1. The quantitative estimate of drug-likeness (QED) is 0.111. The van der Waals surface area contributed by atoms with E-state index in [1.165, 1.54) is 28.5 Å². The van der Waals surface area contributed by atoms with Crippen molar-refractivity contribution in [2.75, 3.05) is 31.1 Å². The SMILES string of the molecule is CC1(C)C2=C3C=C4C5=[N+](CCC4OC3CCN2c2ccc(CC(=O)NCCNC(=O)C3CCC4C6CC=C7CC(=O)CCC7(C)C6CCC34C)cc21)c1ccc(S(=O)(=O)O)cc1C5(C)C. The Hall–Kier alpha value is -4.39. The van der Waals surface area contributed by atoms with E-state index in [0.717, 1.165) is 98.2 Å². The molecule has 0 bridgehead atoms. The van der Waals surface area contributed by atoms with Crippen LogP contribution in [0.2, 0.25) is 0 Å². The van der Waals surface area contributed by atoms with E-state index in [1.807, 2.05) is 6.07 Å². The molecule has 0 spiro atoms. The zero-order chi connectivity index (χ0) is 45.6. The lowest BCUT2D eigenvalue weighted by Gasteiger charge is -2.57. The van der Waals surface area contributed by atoms with Gasteiger partial charge in [0.2, 0.25) is 17.5 Å². The molecular formula is C53H65N4O7S+. The molecule has 3 N–H and O–H groups in total. The van der Waals surface area contributed by atoms with Crippen molar-refractivity contribution in [2.24, 2.45) is 34.5 Å². The number of carbonyl (C=O) groups excluding carboxylic acids is 3. The molecule has 12 heteroatoms. The van der Waals surface area contributed by atoms with E-state index in [1.54, 1.807) is 6.07 Å². The van der Waals surface area contributed by atoms with E-state index in [0.29, 0.717) is 49.5 Å². The second-order valence-corrected chi connectivity index (χ2v) is 23.9. The number of rotatable bonds is 7. The largest absolute Gasteiger partial charge is 0.365 e. The molecule has 11 rings (SSSR count). The van der Waals surface area contributed by atoms with Crippen LogP contribution < -0.4 is 15.5 Å². The number of allylic oxidation sites excluding steroid dienone is 3. The van der Waals surface area contributed by atoms with Crippen molar-refractivity contribution in [1.82, 2.24) is 10.6 Å². The number of hydrogen-bond acceptors (Lipinski definition) is 7. The van der Waals surface area contributed by atoms with E-state index >= 15 is 0 Å². The summed E-state index contributed by atoms with van der Waals surface area (Å²) in [5, 5.41) is 6.29. The maximum absolute atomic E-state index is 13.8. The van der Waals surface area contributed by atoms with Gasteiger partial charge in [0.15, 0.2) is 12.3 Å². The molecule has 11 nitrogen and oxygen atoms in total. The summed E-state index contributed by atoms with van der Waals surface area (Å²) < 4.78 is 43.5. The highest BCUT2D eigenvalue weighted by molar-refractivity contribution is 7.85. The van der Waals surface area contributed by atoms with Gasteiger partial charge in [-0.15, -0.1) is 0 Å². The number of ketones is 1. The van der Waals surface area contributed by atoms with Crippen LogP contribution in [0.4, 0.5) is 11.4 Å². The van der Waals surface area contributed by atoms with Gasteiger partial charge in [-0.25, -0.2) is 0 Å². The lowest BCUT2D eigenvalue weighted by Crippen LogP contribution is -2.51. The van der Waals surface area contributed by atoms with Gasteiger partial charge >= 0.3 is 0 Å². The highest BCUT2D eigenvalue weighted by atomic mass is 32.2. The zero-order valence-electron chi connectivity index (χ0n) is 38.9. The lowest BCUT2D eigenvalue weighted by atomic mass is 9.47. The first-order valence-electron chi connectivity index (χ1n) is 24.4. The van der Waals surface area contributed by atoms with E-state index in [-0.39, 0.29) is 57.5 Å². The van der Waals surface area contributed by atoms with Crippen molar-refractivity contribution >= 4 is 44.8 Å². The van der Waals surface area contributed by atoms with Crippen LogP contribution in [0.1, 0.15) is 122 Å². The summed E-state index contributed by atoms with van der Waals surface area (Å²) in [6.45, 7) is 15.9. The Bertz CT molecular complexity index is 2710. The molecule has 2 aromatic rings. The average molecular weight is 902 g/mol. The van der Waals surface area contributed by atoms with Gasteiger partial charge in [0, 0.05) is 84.4 Å². The summed E-state index contributed by atoms with van der Waals surface area (Å²) in [7, 11) is -4.35. The molecule has 8 unspecified atom stereocenters. The number of anilines is 1. The van der Waals surface area contributed by atoms with Gasteiger partial charge in [0.25, 0.3) is 10.1 Å². The number of nitrogens with zero attached hydrogens (tertiary/aromatic N) is 2. The van der Waals surface area contributed by atoms with Gasteiger partial charge in [-0.1, -0.05) is 51.5 Å². The first-order valence-corrected chi connectivity index (χ1v) is 25.8. The van der Waals surface area contributed by atoms with Gasteiger partial charge in [0.05, 0.1) is 28.9 Å². The molecule has 0 radical (unpaired) electrons. The number of fused-ring (bicyclic) bond motifs is 13. The Morgan fingerprint density at radius 3 is 2.49 bits per heavy atom. The molecule has 2 amide bonds. The zero-order valence-corrected chi connectivity index (χ0v) is 39.7. The summed E-state index contributed by atoms with van der Waals surface area (Å²) in [6, 6.07) is 11.4.